The molecule has 3 rings (SSSR count). The van der Waals surface area contributed by atoms with Crippen LogP contribution in [-0.2, 0) is 10.0 Å². The molecule has 0 amide bonds. The van der Waals surface area contributed by atoms with Crippen molar-refractivity contribution in [3.63, 3.8) is 0 Å². The lowest BCUT2D eigenvalue weighted by Crippen LogP contribution is -2.40. The molecule has 1 N–H and O–H groups in total. The molecule has 0 bridgehead atoms. The molecule has 1 aromatic carbocycles. The van der Waals surface area contributed by atoms with Crippen molar-refractivity contribution in [3.8, 4) is 0 Å². The van der Waals surface area contributed by atoms with Gasteiger partial charge in [-0.25, -0.2) is 8.42 Å². The first-order chi connectivity index (χ1) is 10.9. The molecule has 24 heavy (non-hydrogen) atoms. The Morgan fingerprint density at radius 2 is 1.96 bits per heavy atom. The summed E-state index contributed by atoms with van der Waals surface area (Å²) in [7, 11) is -3.53. The summed E-state index contributed by atoms with van der Waals surface area (Å²) < 4.78 is 28.1. The maximum Gasteiger partial charge on any atom is 0.243 e. The van der Waals surface area contributed by atoms with Crippen LogP contribution in [-0.4, -0.2) is 42.9 Å². The summed E-state index contributed by atoms with van der Waals surface area (Å²) in [6.45, 7) is 7.07. The van der Waals surface area contributed by atoms with Crippen LogP contribution < -0.4 is 5.32 Å². The number of nitrogens with zero attached hydrogens (tertiary/aromatic N) is 2. The predicted molar refractivity (Wildman–Crippen MR) is 99.2 cm³/mol. The van der Waals surface area contributed by atoms with Crippen LogP contribution in [0.4, 0.5) is 0 Å². The molecule has 1 saturated heterocycles. The lowest BCUT2D eigenvalue weighted by Gasteiger charge is -2.23. The molecule has 2 atom stereocenters. The van der Waals surface area contributed by atoms with Gasteiger partial charge in [-0.1, -0.05) is 12.1 Å². The van der Waals surface area contributed by atoms with E-state index in [1.807, 2.05) is 19.9 Å². The summed E-state index contributed by atoms with van der Waals surface area (Å²) in [6, 6.07) is 5.86. The van der Waals surface area contributed by atoms with Gasteiger partial charge in [-0.2, -0.15) is 4.31 Å². The second-order valence-corrected chi connectivity index (χ2v) is 8.34. The van der Waals surface area contributed by atoms with Crippen molar-refractivity contribution >= 4 is 33.2 Å². The molecule has 0 saturated carbocycles. The van der Waals surface area contributed by atoms with Gasteiger partial charge in [-0.15, -0.1) is 12.4 Å². The number of rotatable bonds is 2. The molecular weight excluding hydrogens is 346 g/mol. The number of fused-ring (bicyclic) bond motifs is 1. The minimum Gasteiger partial charge on any atom is -0.310 e. The van der Waals surface area contributed by atoms with E-state index in [0.717, 1.165) is 22.8 Å². The number of halogens is 1. The van der Waals surface area contributed by atoms with E-state index < -0.39 is 10.0 Å². The fourth-order valence-electron chi connectivity index (χ4n) is 3.30. The minimum atomic E-state index is -3.53. The van der Waals surface area contributed by atoms with Gasteiger partial charge in [0.2, 0.25) is 10.0 Å². The zero-order chi connectivity index (χ0) is 16.6. The highest BCUT2D eigenvalue weighted by atomic mass is 35.5. The van der Waals surface area contributed by atoms with E-state index >= 15 is 0 Å². The molecule has 2 aromatic rings. The van der Waals surface area contributed by atoms with E-state index in [9.17, 15) is 8.42 Å². The number of pyridine rings is 1. The van der Waals surface area contributed by atoms with Crippen LogP contribution in [0.3, 0.4) is 0 Å². The maximum absolute atomic E-state index is 13.2. The second kappa shape index (κ2) is 7.35. The van der Waals surface area contributed by atoms with Crippen LogP contribution in [0, 0.1) is 6.92 Å². The molecule has 5 nitrogen and oxygen atoms in total. The van der Waals surface area contributed by atoms with E-state index in [1.165, 1.54) is 0 Å². The zero-order valence-electron chi connectivity index (χ0n) is 14.2. The molecule has 0 radical (unpaired) electrons. The number of hydrogen-bond donors (Lipinski definition) is 1. The van der Waals surface area contributed by atoms with E-state index in [1.54, 1.807) is 28.8 Å². The summed E-state index contributed by atoms with van der Waals surface area (Å²) in [5, 5.41) is 5.07. The van der Waals surface area contributed by atoms with Gasteiger partial charge in [0.05, 0.1) is 4.90 Å². The summed E-state index contributed by atoms with van der Waals surface area (Å²) in [4.78, 5) is 4.55. The monoisotopic (exact) mass is 369 g/mol. The van der Waals surface area contributed by atoms with Gasteiger partial charge >= 0.3 is 0 Å². The Kier molecular flexibility index (Phi) is 5.86. The first-order valence-corrected chi connectivity index (χ1v) is 9.43. The Morgan fingerprint density at radius 3 is 2.71 bits per heavy atom. The third-order valence-corrected chi connectivity index (χ3v) is 6.32. The van der Waals surface area contributed by atoms with Crippen LogP contribution >= 0.6 is 12.4 Å². The largest absolute Gasteiger partial charge is 0.310 e. The predicted octanol–water partition coefficient (Wildman–Crippen LogP) is 2.73. The highest BCUT2D eigenvalue weighted by Crippen LogP contribution is 2.28. The van der Waals surface area contributed by atoms with E-state index in [2.05, 4.69) is 17.2 Å². The van der Waals surface area contributed by atoms with Crippen LogP contribution in [0.1, 0.15) is 25.8 Å². The summed E-state index contributed by atoms with van der Waals surface area (Å²) in [6.07, 6.45) is 4.25. The Bertz CT molecular complexity index is 820. The summed E-state index contributed by atoms with van der Waals surface area (Å²) in [5.41, 5.74) is 0.885. The molecule has 1 fully saturated rings. The number of benzene rings is 1. The van der Waals surface area contributed by atoms with Gasteiger partial charge in [0.15, 0.2) is 0 Å². The van der Waals surface area contributed by atoms with Crippen LogP contribution in [0.15, 0.2) is 35.5 Å². The van der Waals surface area contributed by atoms with Crippen LogP contribution in [0.25, 0.3) is 10.8 Å². The number of aryl methyl sites for hydroxylation is 1. The average molecular weight is 370 g/mol. The Balaban J connectivity index is 0.00000208. The minimum absolute atomic E-state index is 0. The van der Waals surface area contributed by atoms with Crippen molar-refractivity contribution in [2.24, 2.45) is 0 Å². The lowest BCUT2D eigenvalue weighted by molar-refractivity contribution is 0.403. The van der Waals surface area contributed by atoms with Gasteiger partial charge in [0, 0.05) is 48.3 Å². The van der Waals surface area contributed by atoms with Crippen molar-refractivity contribution in [1.29, 1.82) is 0 Å². The zero-order valence-corrected chi connectivity index (χ0v) is 15.8. The van der Waals surface area contributed by atoms with Gasteiger partial charge in [0.25, 0.3) is 0 Å². The van der Waals surface area contributed by atoms with Crippen molar-refractivity contribution in [1.82, 2.24) is 14.6 Å². The van der Waals surface area contributed by atoms with Gasteiger partial charge in [-0.05, 0) is 38.8 Å². The highest BCUT2D eigenvalue weighted by Gasteiger charge is 2.30. The molecule has 132 valence electrons. The third kappa shape index (κ3) is 3.57. The molecule has 7 heteroatoms. The molecule has 0 spiro atoms. The van der Waals surface area contributed by atoms with Crippen LogP contribution in [0.5, 0.6) is 0 Å². The maximum atomic E-state index is 13.2. The summed E-state index contributed by atoms with van der Waals surface area (Å²) in [5.74, 6) is 0. The first kappa shape index (κ1) is 19.1. The van der Waals surface area contributed by atoms with E-state index in [4.69, 9.17) is 0 Å². The molecule has 2 unspecified atom stereocenters. The van der Waals surface area contributed by atoms with Crippen LogP contribution in [0.2, 0.25) is 0 Å². The third-order valence-electron chi connectivity index (χ3n) is 4.41. The van der Waals surface area contributed by atoms with Crippen molar-refractivity contribution in [2.45, 2.75) is 44.2 Å². The molecule has 1 aromatic heterocycles. The number of nitrogens with one attached hydrogen (secondary N) is 1. The second-order valence-electron chi connectivity index (χ2n) is 6.43. The van der Waals surface area contributed by atoms with Gasteiger partial charge in [-0.3, -0.25) is 4.98 Å². The van der Waals surface area contributed by atoms with Gasteiger partial charge < -0.3 is 5.32 Å². The molecule has 1 aliphatic heterocycles. The fourth-order valence-corrected chi connectivity index (χ4v) is 5.13. The average Bonchev–Trinajstić information content (AvgIpc) is 2.68. The Morgan fingerprint density at radius 1 is 1.21 bits per heavy atom. The van der Waals surface area contributed by atoms with E-state index in [0.29, 0.717) is 24.0 Å². The summed E-state index contributed by atoms with van der Waals surface area (Å²) >= 11 is 0. The SMILES string of the molecule is Cc1cncc2cccc(S(=O)(=O)N3CCC(C)NC(C)C3)c12.Cl. The van der Waals surface area contributed by atoms with Gasteiger partial charge in [0.1, 0.15) is 0 Å². The Hall–Kier alpha value is -1.21. The number of aromatic nitrogens is 1. The standard InChI is InChI=1S/C17H23N3O2S.ClH/c1-12-9-18-10-15-5-4-6-16(17(12)15)23(21,22)20-8-7-13(2)19-14(3)11-20;/h4-6,9-10,13-14,19H,7-8,11H2,1-3H3;1H. The first-order valence-electron chi connectivity index (χ1n) is 7.99. The quantitative estimate of drug-likeness (QED) is 0.884. The smallest absolute Gasteiger partial charge is 0.243 e. The molecular formula is C17H24ClN3O2S. The number of hydrogen-bond acceptors (Lipinski definition) is 4. The highest BCUT2D eigenvalue weighted by molar-refractivity contribution is 7.89. The molecule has 0 aliphatic carbocycles. The topological polar surface area (TPSA) is 62.3 Å². The normalized spacial score (nSPS) is 22.8. The Labute approximate surface area is 149 Å². The van der Waals surface area contributed by atoms with Crippen molar-refractivity contribution in [2.75, 3.05) is 13.1 Å². The van der Waals surface area contributed by atoms with Crippen molar-refractivity contribution in [3.05, 3.63) is 36.2 Å². The van der Waals surface area contributed by atoms with Crippen molar-refractivity contribution < 1.29 is 8.42 Å². The molecule has 2 heterocycles. The fraction of sp³-hybridized carbons (Fsp3) is 0.471. The lowest BCUT2D eigenvalue weighted by atomic mass is 10.1. The van der Waals surface area contributed by atoms with E-state index in [-0.39, 0.29) is 18.4 Å². The number of sulfonamides is 1. The molecule has 1 aliphatic rings.